The lowest BCUT2D eigenvalue weighted by atomic mass is 9.92. The standard InChI is InChI=1S/C11H17NO3/c13-10(7-11(14)15)12-6-2-4-8-3-1-5-9(8)12/h8-9H,1-7H2,(H,14,15). The Morgan fingerprint density at radius 2 is 1.93 bits per heavy atom. The zero-order valence-corrected chi connectivity index (χ0v) is 8.82. The van der Waals surface area contributed by atoms with Crippen molar-refractivity contribution in [1.29, 1.82) is 0 Å². The van der Waals surface area contributed by atoms with Gasteiger partial charge in [-0.25, -0.2) is 0 Å². The highest BCUT2D eigenvalue weighted by Gasteiger charge is 2.37. The van der Waals surface area contributed by atoms with E-state index in [0.29, 0.717) is 12.0 Å². The van der Waals surface area contributed by atoms with E-state index in [1.165, 1.54) is 19.3 Å². The second-order valence-electron chi connectivity index (χ2n) is 4.56. The molecule has 1 amide bonds. The molecule has 84 valence electrons. The fourth-order valence-corrected chi connectivity index (χ4v) is 2.99. The first kappa shape index (κ1) is 10.5. The fraction of sp³-hybridized carbons (Fsp3) is 0.818. The summed E-state index contributed by atoms with van der Waals surface area (Å²) in [6.07, 6.45) is 5.36. The van der Waals surface area contributed by atoms with Crippen LogP contribution in [-0.2, 0) is 9.59 Å². The van der Waals surface area contributed by atoms with Crippen molar-refractivity contribution < 1.29 is 14.7 Å². The van der Waals surface area contributed by atoms with Crippen LogP contribution in [0.15, 0.2) is 0 Å². The largest absolute Gasteiger partial charge is 0.481 e. The molecule has 2 atom stereocenters. The lowest BCUT2D eigenvalue weighted by Gasteiger charge is -2.37. The second-order valence-corrected chi connectivity index (χ2v) is 4.56. The number of likely N-dealkylation sites (tertiary alicyclic amines) is 1. The van der Waals surface area contributed by atoms with E-state index in [-0.39, 0.29) is 12.3 Å². The van der Waals surface area contributed by atoms with Crippen LogP contribution in [0.25, 0.3) is 0 Å². The van der Waals surface area contributed by atoms with Crippen molar-refractivity contribution in [3.63, 3.8) is 0 Å². The van der Waals surface area contributed by atoms with Gasteiger partial charge in [-0.3, -0.25) is 9.59 Å². The molecule has 0 spiro atoms. The van der Waals surface area contributed by atoms with Crippen molar-refractivity contribution in [3.05, 3.63) is 0 Å². The van der Waals surface area contributed by atoms with Gasteiger partial charge in [-0.15, -0.1) is 0 Å². The van der Waals surface area contributed by atoms with Gasteiger partial charge in [0.25, 0.3) is 0 Å². The number of piperidine rings is 1. The van der Waals surface area contributed by atoms with Crippen LogP contribution >= 0.6 is 0 Å². The molecule has 2 aliphatic rings. The van der Waals surface area contributed by atoms with Gasteiger partial charge in [0.15, 0.2) is 0 Å². The number of nitrogens with zero attached hydrogens (tertiary/aromatic N) is 1. The molecule has 1 heterocycles. The second kappa shape index (κ2) is 4.21. The highest BCUT2D eigenvalue weighted by molar-refractivity contribution is 5.93. The van der Waals surface area contributed by atoms with Crippen LogP contribution in [0.4, 0.5) is 0 Å². The Labute approximate surface area is 89.3 Å². The van der Waals surface area contributed by atoms with E-state index in [2.05, 4.69) is 0 Å². The number of amides is 1. The maximum Gasteiger partial charge on any atom is 0.312 e. The van der Waals surface area contributed by atoms with Crippen LogP contribution in [0.3, 0.4) is 0 Å². The molecule has 1 aliphatic heterocycles. The van der Waals surface area contributed by atoms with E-state index < -0.39 is 5.97 Å². The van der Waals surface area contributed by atoms with E-state index in [9.17, 15) is 9.59 Å². The third-order valence-corrected chi connectivity index (χ3v) is 3.62. The predicted molar refractivity (Wildman–Crippen MR) is 54.3 cm³/mol. The summed E-state index contributed by atoms with van der Waals surface area (Å²) in [5.41, 5.74) is 0. The van der Waals surface area contributed by atoms with Crippen LogP contribution < -0.4 is 0 Å². The summed E-state index contributed by atoms with van der Waals surface area (Å²) in [7, 11) is 0. The van der Waals surface area contributed by atoms with Gasteiger partial charge in [0.1, 0.15) is 6.42 Å². The summed E-state index contributed by atoms with van der Waals surface area (Å²) in [5.74, 6) is -0.573. The highest BCUT2D eigenvalue weighted by Crippen LogP contribution is 2.36. The maximum atomic E-state index is 11.7. The quantitative estimate of drug-likeness (QED) is 0.699. The SMILES string of the molecule is O=C(O)CC(=O)N1CCCC2CCCC21. The number of fused-ring (bicyclic) bond motifs is 1. The Bertz CT molecular complexity index is 277. The van der Waals surface area contributed by atoms with E-state index in [4.69, 9.17) is 5.11 Å². The van der Waals surface area contributed by atoms with Gasteiger partial charge in [0.05, 0.1) is 0 Å². The third kappa shape index (κ3) is 2.13. The lowest BCUT2D eigenvalue weighted by Crippen LogP contribution is -2.46. The number of aliphatic carboxylic acids is 1. The highest BCUT2D eigenvalue weighted by atomic mass is 16.4. The zero-order chi connectivity index (χ0) is 10.8. The predicted octanol–water partition coefficient (Wildman–Crippen LogP) is 1.25. The van der Waals surface area contributed by atoms with Gasteiger partial charge in [-0.1, -0.05) is 6.42 Å². The summed E-state index contributed by atoms with van der Waals surface area (Å²) in [6, 6.07) is 0.339. The van der Waals surface area contributed by atoms with Crippen molar-refractivity contribution in [2.45, 2.75) is 44.6 Å². The number of carbonyl (C=O) groups is 2. The number of hydrogen-bond acceptors (Lipinski definition) is 2. The van der Waals surface area contributed by atoms with Gasteiger partial charge < -0.3 is 10.0 Å². The Balaban J connectivity index is 2.00. The van der Waals surface area contributed by atoms with Gasteiger partial charge in [-0.05, 0) is 31.6 Å². The van der Waals surface area contributed by atoms with Crippen molar-refractivity contribution >= 4 is 11.9 Å². The van der Waals surface area contributed by atoms with Gasteiger partial charge >= 0.3 is 5.97 Å². The molecule has 4 nitrogen and oxygen atoms in total. The van der Waals surface area contributed by atoms with Crippen molar-refractivity contribution in [3.8, 4) is 0 Å². The molecular formula is C11H17NO3. The molecule has 0 aromatic carbocycles. The molecule has 2 rings (SSSR count). The van der Waals surface area contributed by atoms with Crippen LogP contribution in [0.2, 0.25) is 0 Å². The maximum absolute atomic E-state index is 11.7. The lowest BCUT2D eigenvalue weighted by molar-refractivity contribution is -0.146. The Kier molecular flexibility index (Phi) is 2.93. The van der Waals surface area contributed by atoms with E-state index >= 15 is 0 Å². The fourth-order valence-electron chi connectivity index (χ4n) is 2.99. The Hall–Kier alpha value is -1.06. The number of carboxylic acid groups (broad SMARTS) is 1. The Morgan fingerprint density at radius 3 is 2.67 bits per heavy atom. The minimum absolute atomic E-state index is 0.195. The molecule has 1 aliphatic carbocycles. The molecule has 1 saturated heterocycles. The first-order chi connectivity index (χ1) is 7.18. The normalized spacial score (nSPS) is 30.0. The van der Waals surface area contributed by atoms with Crippen molar-refractivity contribution in [2.24, 2.45) is 5.92 Å². The molecule has 2 unspecified atom stereocenters. The molecular weight excluding hydrogens is 194 g/mol. The summed E-state index contributed by atoms with van der Waals surface area (Å²) in [5, 5.41) is 8.61. The molecule has 0 aromatic heterocycles. The average Bonchev–Trinajstić information content (AvgIpc) is 2.63. The number of hydrogen-bond donors (Lipinski definition) is 1. The average molecular weight is 211 g/mol. The van der Waals surface area contributed by atoms with Crippen molar-refractivity contribution in [2.75, 3.05) is 6.54 Å². The monoisotopic (exact) mass is 211 g/mol. The summed E-state index contributed by atoms with van der Waals surface area (Å²) in [4.78, 5) is 24.0. The molecule has 0 bridgehead atoms. The topological polar surface area (TPSA) is 57.6 Å². The molecule has 2 fully saturated rings. The molecule has 0 radical (unpaired) electrons. The van der Waals surface area contributed by atoms with E-state index in [1.807, 2.05) is 4.90 Å². The molecule has 4 heteroatoms. The first-order valence-corrected chi connectivity index (χ1v) is 5.70. The Morgan fingerprint density at radius 1 is 1.20 bits per heavy atom. The summed E-state index contributed by atoms with van der Waals surface area (Å²) < 4.78 is 0. The number of carboxylic acids is 1. The summed E-state index contributed by atoms with van der Waals surface area (Å²) >= 11 is 0. The first-order valence-electron chi connectivity index (χ1n) is 5.70. The third-order valence-electron chi connectivity index (χ3n) is 3.62. The van der Waals surface area contributed by atoms with Crippen molar-refractivity contribution in [1.82, 2.24) is 4.90 Å². The van der Waals surface area contributed by atoms with E-state index in [1.54, 1.807) is 0 Å². The van der Waals surface area contributed by atoms with Crippen LogP contribution in [0.1, 0.15) is 38.5 Å². The van der Waals surface area contributed by atoms with Gasteiger partial charge in [-0.2, -0.15) is 0 Å². The van der Waals surface area contributed by atoms with Crippen LogP contribution in [0, 0.1) is 5.92 Å². The zero-order valence-electron chi connectivity index (χ0n) is 8.82. The van der Waals surface area contributed by atoms with E-state index in [0.717, 1.165) is 19.4 Å². The summed E-state index contributed by atoms with van der Waals surface area (Å²) in [6.45, 7) is 0.757. The molecule has 15 heavy (non-hydrogen) atoms. The van der Waals surface area contributed by atoms with Gasteiger partial charge in [0.2, 0.25) is 5.91 Å². The molecule has 1 saturated carbocycles. The van der Waals surface area contributed by atoms with Gasteiger partial charge in [0, 0.05) is 12.6 Å². The minimum atomic E-state index is -1.01. The molecule has 1 N–H and O–H groups in total. The molecule has 0 aromatic rings. The minimum Gasteiger partial charge on any atom is -0.481 e. The smallest absolute Gasteiger partial charge is 0.312 e. The number of rotatable bonds is 2. The van der Waals surface area contributed by atoms with Crippen LogP contribution in [-0.4, -0.2) is 34.5 Å². The number of carbonyl (C=O) groups excluding carboxylic acids is 1. The van der Waals surface area contributed by atoms with Crippen LogP contribution in [0.5, 0.6) is 0 Å².